The fraction of sp³-hybridized carbons (Fsp3) is 0.294. The maximum absolute atomic E-state index is 6.10. The lowest BCUT2D eigenvalue weighted by atomic mass is 10.2. The molecule has 0 saturated heterocycles. The van der Waals surface area contributed by atoms with Gasteiger partial charge in [0.1, 0.15) is 11.4 Å². The fourth-order valence-electron chi connectivity index (χ4n) is 1.94. The molecule has 0 aliphatic heterocycles. The molecule has 0 aliphatic rings. The standard InChI is InChI=1S/C17H22N2OSi/c1-13-10-11-18-16(12-13)14(2)19-15-8-6-7-9-17(15)20-21(3,4)5/h6-12H,1-5H3. The van der Waals surface area contributed by atoms with Gasteiger partial charge in [-0.05, 0) is 63.3 Å². The van der Waals surface area contributed by atoms with Crippen LogP contribution in [0.4, 0.5) is 5.69 Å². The lowest BCUT2D eigenvalue weighted by Gasteiger charge is -2.20. The van der Waals surface area contributed by atoms with Crippen LogP contribution in [-0.2, 0) is 0 Å². The number of aromatic nitrogens is 1. The molecule has 2 aromatic rings. The Bertz CT molecular complexity index is 660. The van der Waals surface area contributed by atoms with Gasteiger partial charge in [0.15, 0.2) is 0 Å². The predicted octanol–water partition coefficient (Wildman–Crippen LogP) is 4.74. The Morgan fingerprint density at radius 1 is 1.14 bits per heavy atom. The summed E-state index contributed by atoms with van der Waals surface area (Å²) in [7, 11) is -1.65. The molecule has 0 amide bonds. The van der Waals surface area contributed by atoms with E-state index in [0.717, 1.165) is 22.8 Å². The number of hydrogen-bond donors (Lipinski definition) is 0. The minimum Gasteiger partial charge on any atom is -0.543 e. The minimum absolute atomic E-state index is 0.851. The summed E-state index contributed by atoms with van der Waals surface area (Å²) in [5, 5.41) is 0. The fourth-order valence-corrected chi connectivity index (χ4v) is 2.77. The highest BCUT2D eigenvalue weighted by Gasteiger charge is 2.18. The second-order valence-electron chi connectivity index (χ2n) is 6.10. The summed E-state index contributed by atoms with van der Waals surface area (Å²) < 4.78 is 6.10. The van der Waals surface area contributed by atoms with Crippen molar-refractivity contribution in [1.29, 1.82) is 0 Å². The highest BCUT2D eigenvalue weighted by Crippen LogP contribution is 2.29. The Morgan fingerprint density at radius 2 is 1.86 bits per heavy atom. The Kier molecular flexibility index (Phi) is 4.58. The number of benzene rings is 1. The number of aliphatic imine (C=N–C) groups is 1. The first-order valence-corrected chi connectivity index (χ1v) is 10.5. The van der Waals surface area contributed by atoms with Crippen LogP contribution in [0.25, 0.3) is 0 Å². The molecule has 0 bridgehead atoms. The quantitative estimate of drug-likeness (QED) is 0.603. The average Bonchev–Trinajstić information content (AvgIpc) is 2.39. The van der Waals surface area contributed by atoms with Gasteiger partial charge in [0.2, 0.25) is 8.32 Å². The molecule has 1 aromatic carbocycles. The number of pyridine rings is 1. The summed E-state index contributed by atoms with van der Waals surface area (Å²) in [6, 6.07) is 11.9. The van der Waals surface area contributed by atoms with Crippen LogP contribution in [0.5, 0.6) is 5.75 Å². The van der Waals surface area contributed by atoms with Crippen molar-refractivity contribution in [3.05, 3.63) is 53.9 Å². The van der Waals surface area contributed by atoms with Gasteiger partial charge in [-0.25, -0.2) is 4.99 Å². The highest BCUT2D eigenvalue weighted by atomic mass is 28.4. The summed E-state index contributed by atoms with van der Waals surface area (Å²) in [6.07, 6.45) is 1.81. The van der Waals surface area contributed by atoms with E-state index >= 15 is 0 Å². The average molecular weight is 298 g/mol. The summed E-state index contributed by atoms with van der Waals surface area (Å²) >= 11 is 0. The third-order valence-corrected chi connectivity index (χ3v) is 3.69. The molecule has 0 unspecified atom stereocenters. The van der Waals surface area contributed by atoms with Gasteiger partial charge >= 0.3 is 0 Å². The van der Waals surface area contributed by atoms with Gasteiger partial charge in [0.05, 0.1) is 11.4 Å². The first kappa shape index (κ1) is 15.4. The second-order valence-corrected chi connectivity index (χ2v) is 10.5. The highest BCUT2D eigenvalue weighted by molar-refractivity contribution is 6.70. The van der Waals surface area contributed by atoms with Crippen molar-refractivity contribution in [2.24, 2.45) is 4.99 Å². The molecule has 0 aliphatic carbocycles. The Balaban J connectivity index is 2.36. The van der Waals surface area contributed by atoms with E-state index in [4.69, 9.17) is 9.42 Å². The van der Waals surface area contributed by atoms with E-state index in [1.165, 1.54) is 5.56 Å². The molecule has 0 radical (unpaired) electrons. The molecular formula is C17H22N2OSi. The first-order valence-electron chi connectivity index (χ1n) is 7.11. The summed E-state index contributed by atoms with van der Waals surface area (Å²) in [5.41, 5.74) is 3.84. The zero-order valence-corrected chi connectivity index (χ0v) is 14.3. The number of nitrogens with zero attached hydrogens (tertiary/aromatic N) is 2. The van der Waals surface area contributed by atoms with Crippen molar-refractivity contribution in [2.75, 3.05) is 0 Å². The number of aryl methyl sites for hydroxylation is 1. The van der Waals surface area contributed by atoms with Crippen LogP contribution in [-0.4, -0.2) is 19.0 Å². The van der Waals surface area contributed by atoms with Crippen LogP contribution in [0.3, 0.4) is 0 Å². The largest absolute Gasteiger partial charge is 0.543 e. The Labute approximate surface area is 127 Å². The van der Waals surface area contributed by atoms with Gasteiger partial charge in [0, 0.05) is 6.20 Å². The van der Waals surface area contributed by atoms with E-state index in [-0.39, 0.29) is 0 Å². The smallest absolute Gasteiger partial charge is 0.242 e. The van der Waals surface area contributed by atoms with Crippen LogP contribution >= 0.6 is 0 Å². The molecule has 2 rings (SSSR count). The van der Waals surface area contributed by atoms with Gasteiger partial charge < -0.3 is 4.43 Å². The van der Waals surface area contributed by atoms with Crippen molar-refractivity contribution in [2.45, 2.75) is 33.5 Å². The van der Waals surface area contributed by atoms with Crippen molar-refractivity contribution in [3.8, 4) is 5.75 Å². The molecule has 4 heteroatoms. The van der Waals surface area contributed by atoms with E-state index in [0.29, 0.717) is 0 Å². The van der Waals surface area contributed by atoms with Gasteiger partial charge in [-0.3, -0.25) is 4.98 Å². The van der Waals surface area contributed by atoms with Gasteiger partial charge in [-0.15, -0.1) is 0 Å². The number of hydrogen-bond acceptors (Lipinski definition) is 3. The second kappa shape index (κ2) is 6.22. The molecule has 1 heterocycles. The maximum atomic E-state index is 6.10. The normalized spacial score (nSPS) is 12.3. The van der Waals surface area contributed by atoms with Crippen LogP contribution in [0.1, 0.15) is 18.2 Å². The molecule has 0 atom stereocenters. The third kappa shape index (κ3) is 4.53. The zero-order valence-electron chi connectivity index (χ0n) is 13.3. The first-order chi connectivity index (χ1) is 9.85. The molecule has 0 spiro atoms. The van der Waals surface area contributed by atoms with E-state index in [1.54, 1.807) is 0 Å². The molecule has 0 saturated carbocycles. The minimum atomic E-state index is -1.65. The van der Waals surface area contributed by atoms with E-state index in [9.17, 15) is 0 Å². The SMILES string of the molecule is CC(=Nc1ccccc1O[Si](C)(C)C)c1cc(C)ccn1. The lowest BCUT2D eigenvalue weighted by molar-refractivity contribution is 0.559. The van der Waals surface area contributed by atoms with Crippen molar-refractivity contribution in [1.82, 2.24) is 4.98 Å². The summed E-state index contributed by atoms with van der Waals surface area (Å²) in [5.74, 6) is 0.851. The van der Waals surface area contributed by atoms with E-state index in [1.807, 2.05) is 49.5 Å². The number of para-hydroxylation sites is 2. The van der Waals surface area contributed by atoms with Crippen LogP contribution in [0.15, 0.2) is 47.6 Å². The summed E-state index contributed by atoms with van der Waals surface area (Å²) in [4.78, 5) is 9.08. The number of rotatable bonds is 4. The Morgan fingerprint density at radius 3 is 2.52 bits per heavy atom. The van der Waals surface area contributed by atoms with E-state index < -0.39 is 8.32 Å². The van der Waals surface area contributed by atoms with Crippen LogP contribution in [0, 0.1) is 6.92 Å². The van der Waals surface area contributed by atoms with Crippen molar-refractivity contribution >= 4 is 19.7 Å². The molecule has 1 aromatic heterocycles. The zero-order chi connectivity index (χ0) is 15.5. The topological polar surface area (TPSA) is 34.5 Å². The van der Waals surface area contributed by atoms with Crippen molar-refractivity contribution in [3.63, 3.8) is 0 Å². The lowest BCUT2D eigenvalue weighted by Crippen LogP contribution is -2.29. The molecule has 21 heavy (non-hydrogen) atoms. The van der Waals surface area contributed by atoms with E-state index in [2.05, 4.69) is 31.5 Å². The maximum Gasteiger partial charge on any atom is 0.242 e. The molecule has 110 valence electrons. The molecular weight excluding hydrogens is 276 g/mol. The third-order valence-electron chi connectivity index (χ3n) is 2.86. The molecule has 0 N–H and O–H groups in total. The van der Waals surface area contributed by atoms with Crippen LogP contribution in [0.2, 0.25) is 19.6 Å². The van der Waals surface area contributed by atoms with Crippen molar-refractivity contribution < 1.29 is 4.43 Å². The van der Waals surface area contributed by atoms with Crippen LogP contribution < -0.4 is 4.43 Å². The van der Waals surface area contributed by atoms with Gasteiger partial charge in [-0.2, -0.15) is 0 Å². The summed E-state index contributed by atoms with van der Waals surface area (Å²) in [6.45, 7) is 10.5. The molecule has 0 fully saturated rings. The predicted molar refractivity (Wildman–Crippen MR) is 91.3 cm³/mol. The van der Waals surface area contributed by atoms with Gasteiger partial charge in [-0.1, -0.05) is 12.1 Å². The molecule has 3 nitrogen and oxygen atoms in total. The van der Waals surface area contributed by atoms with Gasteiger partial charge in [0.25, 0.3) is 0 Å². The Hall–Kier alpha value is -1.94. The monoisotopic (exact) mass is 298 g/mol.